The van der Waals surface area contributed by atoms with Crippen molar-refractivity contribution in [3.05, 3.63) is 30.1 Å². The van der Waals surface area contributed by atoms with E-state index in [4.69, 9.17) is 0 Å². The Labute approximate surface area is 111 Å². The molecular formula is C6H6BF3KN. The Kier molecular flexibility index (Phi) is 5.68. The summed E-state index contributed by atoms with van der Waals surface area (Å²) < 4.78 is 35.4. The summed E-state index contributed by atoms with van der Waals surface area (Å²) in [5, 5.41) is 0. The van der Waals surface area contributed by atoms with E-state index < -0.39 is 13.3 Å². The van der Waals surface area contributed by atoms with Gasteiger partial charge in [-0.1, -0.05) is 11.9 Å². The molecule has 1 nitrogen and oxygen atoms in total. The molecule has 1 aromatic heterocycles. The van der Waals surface area contributed by atoms with E-state index in [0.29, 0.717) is 0 Å². The summed E-state index contributed by atoms with van der Waals surface area (Å²) in [5.74, 6) is 0. The third kappa shape index (κ3) is 5.32. The minimum absolute atomic E-state index is 0. The molecule has 0 aliphatic rings. The van der Waals surface area contributed by atoms with Crippen molar-refractivity contribution in [2.24, 2.45) is 0 Å². The van der Waals surface area contributed by atoms with E-state index in [1.54, 1.807) is 0 Å². The minimum atomic E-state index is -4.71. The molecule has 0 saturated heterocycles. The third-order valence-electron chi connectivity index (χ3n) is 1.22. The van der Waals surface area contributed by atoms with Crippen molar-refractivity contribution in [3.8, 4) is 0 Å². The van der Waals surface area contributed by atoms with Gasteiger partial charge >= 0.3 is 58.4 Å². The summed E-state index contributed by atoms with van der Waals surface area (Å²) in [7, 11) is 0. The number of aromatic nitrogens is 1. The van der Waals surface area contributed by atoms with E-state index in [9.17, 15) is 12.9 Å². The molecule has 0 amide bonds. The summed E-state index contributed by atoms with van der Waals surface area (Å²) in [6.45, 7) is -4.71. The normalized spacial score (nSPS) is 10.6. The number of nitrogens with zero attached hydrogens (tertiary/aromatic N) is 1. The van der Waals surface area contributed by atoms with Crippen LogP contribution in [-0.4, -0.2) is 12.0 Å². The fourth-order valence-electron chi connectivity index (χ4n) is 0.786. The minimum Gasteiger partial charge on any atom is -0.449 e. The van der Waals surface area contributed by atoms with Gasteiger partial charge in [-0.15, -0.1) is 0 Å². The molecule has 0 spiro atoms. The maximum atomic E-state index is 11.8. The Morgan fingerprint density at radius 3 is 2.08 bits per heavy atom. The molecule has 1 rings (SSSR count). The van der Waals surface area contributed by atoms with Crippen molar-refractivity contribution in [2.75, 3.05) is 0 Å². The molecule has 0 atom stereocenters. The van der Waals surface area contributed by atoms with E-state index in [2.05, 4.69) is 4.98 Å². The van der Waals surface area contributed by atoms with Crippen LogP contribution < -0.4 is 51.4 Å². The number of halogens is 3. The molecule has 0 aliphatic heterocycles. The SMILES string of the molecule is F[B-](F)(F)Cc1ccncc1.[K+]. The average molecular weight is 199 g/mol. The van der Waals surface area contributed by atoms with Crippen LogP contribution >= 0.6 is 0 Å². The molecular weight excluding hydrogens is 193 g/mol. The first-order valence-corrected chi connectivity index (χ1v) is 3.18. The van der Waals surface area contributed by atoms with Crippen molar-refractivity contribution in [1.82, 2.24) is 4.98 Å². The number of rotatable bonds is 2. The Balaban J connectivity index is 0.00000121. The van der Waals surface area contributed by atoms with Crippen molar-refractivity contribution >= 4 is 6.98 Å². The zero-order chi connectivity index (χ0) is 8.32. The van der Waals surface area contributed by atoms with Gasteiger partial charge in [0.2, 0.25) is 0 Å². The van der Waals surface area contributed by atoms with Gasteiger partial charge in [0.05, 0.1) is 0 Å². The zero-order valence-corrected chi connectivity index (χ0v) is 9.80. The van der Waals surface area contributed by atoms with Gasteiger partial charge in [0, 0.05) is 12.4 Å². The monoisotopic (exact) mass is 199 g/mol. The van der Waals surface area contributed by atoms with Gasteiger partial charge in [-0.25, -0.2) is 0 Å². The predicted molar refractivity (Wildman–Crippen MR) is 37.0 cm³/mol. The van der Waals surface area contributed by atoms with Gasteiger partial charge in [-0.2, -0.15) is 0 Å². The van der Waals surface area contributed by atoms with Crippen LogP contribution in [0.3, 0.4) is 0 Å². The Morgan fingerprint density at radius 2 is 1.67 bits per heavy atom. The van der Waals surface area contributed by atoms with E-state index in [0.717, 1.165) is 0 Å². The van der Waals surface area contributed by atoms with Gasteiger partial charge in [-0.3, -0.25) is 4.98 Å². The summed E-state index contributed by atoms with van der Waals surface area (Å²) >= 11 is 0. The van der Waals surface area contributed by atoms with Crippen molar-refractivity contribution in [2.45, 2.75) is 6.32 Å². The van der Waals surface area contributed by atoms with Gasteiger partial charge in [0.25, 0.3) is 0 Å². The van der Waals surface area contributed by atoms with E-state index in [-0.39, 0.29) is 56.9 Å². The summed E-state index contributed by atoms with van der Waals surface area (Å²) in [4.78, 5) is 3.61. The number of hydrogen-bond acceptors (Lipinski definition) is 1. The molecule has 0 radical (unpaired) electrons. The maximum absolute atomic E-state index is 11.8. The predicted octanol–water partition coefficient (Wildman–Crippen LogP) is -0.985. The van der Waals surface area contributed by atoms with Crippen molar-refractivity contribution < 1.29 is 64.3 Å². The fourth-order valence-corrected chi connectivity index (χ4v) is 0.786. The van der Waals surface area contributed by atoms with E-state index >= 15 is 0 Å². The van der Waals surface area contributed by atoms with Gasteiger partial charge in [0.1, 0.15) is 0 Å². The van der Waals surface area contributed by atoms with Gasteiger partial charge in [0.15, 0.2) is 0 Å². The molecule has 60 valence electrons. The van der Waals surface area contributed by atoms with E-state index in [1.807, 2.05) is 0 Å². The van der Waals surface area contributed by atoms with E-state index in [1.165, 1.54) is 24.5 Å². The molecule has 0 bridgehead atoms. The van der Waals surface area contributed by atoms with Crippen LogP contribution in [0.1, 0.15) is 5.56 Å². The van der Waals surface area contributed by atoms with Crippen LogP contribution in [0.2, 0.25) is 0 Å². The fraction of sp³-hybridized carbons (Fsp3) is 0.167. The molecule has 0 aromatic carbocycles. The molecule has 0 saturated carbocycles. The number of hydrogen-bond donors (Lipinski definition) is 0. The van der Waals surface area contributed by atoms with Crippen LogP contribution in [0.25, 0.3) is 0 Å². The third-order valence-corrected chi connectivity index (χ3v) is 1.22. The summed E-state index contributed by atoms with van der Waals surface area (Å²) in [6, 6.07) is 2.74. The topological polar surface area (TPSA) is 12.9 Å². The first kappa shape index (κ1) is 12.6. The quantitative estimate of drug-likeness (QED) is 0.557. The van der Waals surface area contributed by atoms with Crippen LogP contribution in [-0.2, 0) is 6.32 Å². The molecule has 1 heterocycles. The second-order valence-corrected chi connectivity index (χ2v) is 2.27. The molecule has 0 fully saturated rings. The smallest absolute Gasteiger partial charge is 0.449 e. The molecule has 12 heavy (non-hydrogen) atoms. The molecule has 0 N–H and O–H groups in total. The van der Waals surface area contributed by atoms with Crippen LogP contribution in [0.4, 0.5) is 12.9 Å². The van der Waals surface area contributed by atoms with Gasteiger partial charge < -0.3 is 12.9 Å². The standard InChI is InChI=1S/C6H6BF3N.K/c8-7(9,10)5-6-1-3-11-4-2-6;/h1-4H,5H2;/q-1;+1. The second kappa shape index (κ2) is 5.39. The van der Waals surface area contributed by atoms with Crippen molar-refractivity contribution in [3.63, 3.8) is 0 Å². The van der Waals surface area contributed by atoms with Crippen LogP contribution in [0.5, 0.6) is 0 Å². The summed E-state index contributed by atoms with van der Waals surface area (Å²) in [6.07, 6.45) is 1.90. The van der Waals surface area contributed by atoms with Crippen LogP contribution in [0.15, 0.2) is 24.5 Å². The Hall–Kier alpha value is 0.641. The van der Waals surface area contributed by atoms with Crippen molar-refractivity contribution in [1.29, 1.82) is 0 Å². The Bertz CT molecular complexity index is 226. The van der Waals surface area contributed by atoms with Gasteiger partial charge in [-0.05, 0) is 12.1 Å². The zero-order valence-electron chi connectivity index (χ0n) is 6.67. The molecule has 1 aromatic rings. The summed E-state index contributed by atoms with van der Waals surface area (Å²) in [5.41, 5.74) is 0.271. The largest absolute Gasteiger partial charge is 1.00 e. The average Bonchev–Trinajstić information content (AvgIpc) is 1.85. The molecule has 0 aliphatic carbocycles. The maximum Gasteiger partial charge on any atom is 1.00 e. The van der Waals surface area contributed by atoms with Crippen LogP contribution in [0, 0.1) is 0 Å². The first-order chi connectivity index (χ1) is 5.08. The first-order valence-electron chi connectivity index (χ1n) is 3.18. The number of pyridine rings is 1. The second-order valence-electron chi connectivity index (χ2n) is 2.27. The Morgan fingerprint density at radius 1 is 1.17 bits per heavy atom. The molecule has 0 unspecified atom stereocenters. The molecule has 6 heteroatoms.